The number of carboxylic acids is 1. The average molecular weight is 443 g/mol. The number of fused-ring (bicyclic) bond motifs is 3. The van der Waals surface area contributed by atoms with Gasteiger partial charge in [-0.3, -0.25) is 0 Å². The van der Waals surface area contributed by atoms with Gasteiger partial charge < -0.3 is 20.1 Å². The van der Waals surface area contributed by atoms with Crippen LogP contribution >= 0.6 is 0 Å². The van der Waals surface area contributed by atoms with Crippen LogP contribution in [0.1, 0.15) is 40.2 Å². The van der Waals surface area contributed by atoms with Gasteiger partial charge in [-0.25, -0.2) is 9.59 Å². The molecule has 0 bridgehead atoms. The van der Waals surface area contributed by atoms with Gasteiger partial charge in [0.05, 0.1) is 5.56 Å². The number of anilines is 1. The van der Waals surface area contributed by atoms with Gasteiger partial charge in [-0.2, -0.15) is 0 Å². The molecule has 1 amide bonds. The van der Waals surface area contributed by atoms with Crippen molar-refractivity contribution in [1.82, 2.24) is 5.32 Å². The van der Waals surface area contributed by atoms with Gasteiger partial charge in [0.1, 0.15) is 6.61 Å². The maximum atomic E-state index is 12.5. The molecule has 33 heavy (non-hydrogen) atoms. The molecular formula is C27H26N2O4. The Balaban J connectivity index is 1.14. The Morgan fingerprint density at radius 1 is 0.879 bits per heavy atom. The van der Waals surface area contributed by atoms with E-state index in [4.69, 9.17) is 9.84 Å². The molecule has 3 aromatic carbocycles. The summed E-state index contributed by atoms with van der Waals surface area (Å²) >= 11 is 0. The molecule has 2 aliphatic rings. The second-order valence-corrected chi connectivity index (χ2v) is 8.58. The van der Waals surface area contributed by atoms with Crippen LogP contribution in [0.25, 0.3) is 11.1 Å². The summed E-state index contributed by atoms with van der Waals surface area (Å²) in [5.74, 6) is -0.869. The van der Waals surface area contributed by atoms with Crippen LogP contribution in [0.15, 0.2) is 72.8 Å². The van der Waals surface area contributed by atoms with Gasteiger partial charge in [0.25, 0.3) is 0 Å². The number of ether oxygens (including phenoxy) is 1. The highest BCUT2D eigenvalue weighted by Crippen LogP contribution is 2.44. The topological polar surface area (TPSA) is 78.9 Å². The van der Waals surface area contributed by atoms with Crippen LogP contribution in [0, 0.1) is 0 Å². The standard InChI is InChI=1S/C27H26N2O4/c30-26(31)18-9-11-20(12-10-18)29-15-13-19(14-16-29)28-27(32)33-17-25-23-7-3-1-5-21(23)22-6-2-4-8-24(22)25/h1-12,19,25H,13-17H2,(H,28,32)(H,30,31). The first-order valence-corrected chi connectivity index (χ1v) is 11.3. The molecule has 3 aromatic rings. The molecule has 0 atom stereocenters. The molecule has 0 spiro atoms. The summed E-state index contributed by atoms with van der Waals surface area (Å²) in [4.78, 5) is 25.8. The molecule has 1 saturated heterocycles. The van der Waals surface area contributed by atoms with Crippen LogP contribution in [0.4, 0.5) is 10.5 Å². The first-order chi connectivity index (χ1) is 16.1. The highest BCUT2D eigenvalue weighted by Gasteiger charge is 2.29. The minimum absolute atomic E-state index is 0.0544. The summed E-state index contributed by atoms with van der Waals surface area (Å²) in [5, 5.41) is 12.1. The summed E-state index contributed by atoms with van der Waals surface area (Å²) in [6.07, 6.45) is 1.25. The van der Waals surface area contributed by atoms with Crippen molar-refractivity contribution < 1.29 is 19.4 Å². The molecule has 6 heteroatoms. The fourth-order valence-electron chi connectivity index (χ4n) is 4.90. The van der Waals surface area contributed by atoms with E-state index in [1.54, 1.807) is 12.1 Å². The average Bonchev–Trinajstić information content (AvgIpc) is 3.17. The lowest BCUT2D eigenvalue weighted by atomic mass is 9.98. The quantitative estimate of drug-likeness (QED) is 0.588. The molecule has 1 fully saturated rings. The molecule has 168 valence electrons. The minimum atomic E-state index is -0.924. The van der Waals surface area contributed by atoms with Gasteiger partial charge in [0.2, 0.25) is 0 Å². The second-order valence-electron chi connectivity index (χ2n) is 8.58. The molecule has 0 saturated carbocycles. The first-order valence-electron chi connectivity index (χ1n) is 11.3. The van der Waals surface area contributed by atoms with Crippen molar-refractivity contribution in [3.05, 3.63) is 89.5 Å². The molecule has 6 nitrogen and oxygen atoms in total. The Kier molecular flexibility index (Phi) is 5.73. The molecule has 1 heterocycles. The largest absolute Gasteiger partial charge is 0.478 e. The van der Waals surface area contributed by atoms with Crippen LogP contribution in [0.3, 0.4) is 0 Å². The zero-order valence-corrected chi connectivity index (χ0v) is 18.2. The van der Waals surface area contributed by atoms with Gasteiger partial charge in [-0.15, -0.1) is 0 Å². The summed E-state index contributed by atoms with van der Waals surface area (Å²) in [6, 6.07) is 23.6. The zero-order chi connectivity index (χ0) is 22.8. The van der Waals surface area contributed by atoms with Crippen molar-refractivity contribution in [2.45, 2.75) is 24.8 Å². The zero-order valence-electron chi connectivity index (χ0n) is 18.2. The highest BCUT2D eigenvalue weighted by atomic mass is 16.5. The Labute approximate surface area is 192 Å². The van der Waals surface area contributed by atoms with Crippen LogP contribution in [0.2, 0.25) is 0 Å². The smallest absolute Gasteiger partial charge is 0.407 e. The van der Waals surface area contributed by atoms with E-state index in [1.807, 2.05) is 36.4 Å². The number of nitrogens with one attached hydrogen (secondary N) is 1. The van der Waals surface area contributed by atoms with Crippen molar-refractivity contribution >= 4 is 17.7 Å². The summed E-state index contributed by atoms with van der Waals surface area (Å²) in [7, 11) is 0. The minimum Gasteiger partial charge on any atom is -0.478 e. The fourth-order valence-corrected chi connectivity index (χ4v) is 4.90. The third kappa shape index (κ3) is 4.29. The van der Waals surface area contributed by atoms with E-state index in [1.165, 1.54) is 22.3 Å². The van der Waals surface area contributed by atoms with Crippen LogP contribution in [-0.2, 0) is 4.74 Å². The SMILES string of the molecule is O=C(NC1CCN(c2ccc(C(=O)O)cc2)CC1)OCC1c2ccccc2-c2ccccc21. The number of carboxylic acid groups (broad SMARTS) is 1. The van der Waals surface area contributed by atoms with Crippen molar-refractivity contribution in [2.75, 3.05) is 24.6 Å². The number of carbonyl (C=O) groups is 2. The van der Waals surface area contributed by atoms with Crippen LogP contribution in [0.5, 0.6) is 0 Å². The van der Waals surface area contributed by atoms with Crippen molar-refractivity contribution in [2.24, 2.45) is 0 Å². The molecule has 1 aliphatic heterocycles. The number of rotatable bonds is 5. The van der Waals surface area contributed by atoms with Gasteiger partial charge in [-0.1, -0.05) is 48.5 Å². The summed E-state index contributed by atoms with van der Waals surface area (Å²) in [6.45, 7) is 1.90. The molecular weight excluding hydrogens is 416 g/mol. The third-order valence-corrected chi connectivity index (χ3v) is 6.64. The van der Waals surface area contributed by atoms with Gasteiger partial charge >= 0.3 is 12.1 Å². The number of alkyl carbamates (subject to hydrolysis) is 1. The maximum Gasteiger partial charge on any atom is 0.407 e. The normalized spacial score (nSPS) is 15.6. The Morgan fingerprint density at radius 2 is 1.45 bits per heavy atom. The Bertz CT molecular complexity index is 1120. The van der Waals surface area contributed by atoms with E-state index in [9.17, 15) is 9.59 Å². The number of amides is 1. The highest BCUT2D eigenvalue weighted by molar-refractivity contribution is 5.88. The fraction of sp³-hybridized carbons (Fsp3) is 0.259. The summed E-state index contributed by atoms with van der Waals surface area (Å²) in [5.41, 5.74) is 6.12. The van der Waals surface area contributed by atoms with E-state index in [2.05, 4.69) is 34.5 Å². The van der Waals surface area contributed by atoms with Crippen molar-refractivity contribution in [3.8, 4) is 11.1 Å². The van der Waals surface area contributed by atoms with Crippen LogP contribution in [-0.4, -0.2) is 42.9 Å². The number of carbonyl (C=O) groups excluding carboxylic acids is 1. The van der Waals surface area contributed by atoms with E-state index in [0.29, 0.717) is 6.61 Å². The maximum absolute atomic E-state index is 12.5. The number of aromatic carboxylic acids is 1. The predicted molar refractivity (Wildman–Crippen MR) is 127 cm³/mol. The number of hydrogen-bond donors (Lipinski definition) is 2. The van der Waals surface area contributed by atoms with Gasteiger partial charge in [0, 0.05) is 30.7 Å². The van der Waals surface area contributed by atoms with E-state index >= 15 is 0 Å². The molecule has 0 aromatic heterocycles. The van der Waals surface area contributed by atoms with Crippen molar-refractivity contribution in [3.63, 3.8) is 0 Å². The molecule has 0 unspecified atom stereocenters. The number of hydrogen-bond acceptors (Lipinski definition) is 4. The molecule has 1 aliphatic carbocycles. The lowest BCUT2D eigenvalue weighted by Crippen LogP contribution is -2.45. The predicted octanol–water partition coefficient (Wildman–Crippen LogP) is 4.89. The number of nitrogens with zero attached hydrogens (tertiary/aromatic N) is 1. The summed E-state index contributed by atoms with van der Waals surface area (Å²) < 4.78 is 5.67. The molecule has 0 radical (unpaired) electrons. The lowest BCUT2D eigenvalue weighted by molar-refractivity contribution is 0.0697. The van der Waals surface area contributed by atoms with Crippen molar-refractivity contribution in [1.29, 1.82) is 0 Å². The molecule has 5 rings (SSSR count). The van der Waals surface area contributed by atoms with Crippen LogP contribution < -0.4 is 10.2 Å². The number of piperidine rings is 1. The second kappa shape index (κ2) is 8.98. The lowest BCUT2D eigenvalue weighted by Gasteiger charge is -2.33. The Morgan fingerprint density at radius 3 is 2.03 bits per heavy atom. The number of benzene rings is 3. The molecule has 2 N–H and O–H groups in total. The van der Waals surface area contributed by atoms with Gasteiger partial charge in [-0.05, 0) is 59.4 Å². The van der Waals surface area contributed by atoms with E-state index in [0.717, 1.165) is 31.6 Å². The Hall–Kier alpha value is -3.80. The van der Waals surface area contributed by atoms with E-state index < -0.39 is 5.97 Å². The van der Waals surface area contributed by atoms with E-state index in [-0.39, 0.29) is 23.6 Å². The first kappa shape index (κ1) is 21.1. The monoisotopic (exact) mass is 442 g/mol. The van der Waals surface area contributed by atoms with Gasteiger partial charge in [0.15, 0.2) is 0 Å². The third-order valence-electron chi connectivity index (χ3n) is 6.64.